The quantitative estimate of drug-likeness (QED) is 0.831. The van der Waals surface area contributed by atoms with Crippen molar-refractivity contribution in [2.75, 3.05) is 19.9 Å². The number of hydrogen-bond acceptors (Lipinski definition) is 6. The fourth-order valence-electron chi connectivity index (χ4n) is 3.01. The topological polar surface area (TPSA) is 63.6 Å². The molecule has 1 aromatic heterocycles. The number of piperidine rings is 1. The summed E-state index contributed by atoms with van der Waals surface area (Å²) in [4.78, 5) is 1.04. The minimum atomic E-state index is 0. The molecule has 0 saturated carbocycles. The molecule has 2 aromatic rings. The molecule has 1 aromatic carbocycles. The summed E-state index contributed by atoms with van der Waals surface area (Å²) in [5, 5.41) is 13.5. The maximum absolute atomic E-state index is 10.2. The molecular weight excluding hydrogens is 368 g/mol. The van der Waals surface area contributed by atoms with Crippen molar-refractivity contribution in [1.82, 2.24) is 9.69 Å². The van der Waals surface area contributed by atoms with E-state index in [1.165, 1.54) is 11.5 Å². The zero-order valence-corrected chi connectivity index (χ0v) is 14.4. The number of nitrogens with zero attached hydrogens (tertiary/aromatic N) is 1. The molecular formula is C15H17BrN2O3S. The van der Waals surface area contributed by atoms with Crippen LogP contribution in [0.15, 0.2) is 18.2 Å². The highest BCUT2D eigenvalue weighted by molar-refractivity contribution is 8.93. The number of benzene rings is 1. The van der Waals surface area contributed by atoms with Crippen LogP contribution in [0.3, 0.4) is 0 Å². The maximum Gasteiger partial charge on any atom is 0.231 e. The Morgan fingerprint density at radius 2 is 1.95 bits per heavy atom. The van der Waals surface area contributed by atoms with E-state index in [1.54, 1.807) is 0 Å². The van der Waals surface area contributed by atoms with Crippen LogP contribution < -0.4 is 14.8 Å². The predicted molar refractivity (Wildman–Crippen MR) is 90.5 cm³/mol. The van der Waals surface area contributed by atoms with Gasteiger partial charge in [0, 0.05) is 5.56 Å². The summed E-state index contributed by atoms with van der Waals surface area (Å²) in [6.07, 6.45) is 2.06. The van der Waals surface area contributed by atoms with Crippen LogP contribution in [0.1, 0.15) is 24.3 Å². The first kappa shape index (κ1) is 15.6. The van der Waals surface area contributed by atoms with Crippen LogP contribution in [0.2, 0.25) is 0 Å². The molecule has 4 rings (SSSR count). The Labute approximate surface area is 143 Å². The Bertz CT molecular complexity index is 671. The first-order valence-electron chi connectivity index (χ1n) is 7.12. The second-order valence-corrected chi connectivity index (χ2v) is 6.11. The average molecular weight is 385 g/mol. The van der Waals surface area contributed by atoms with E-state index in [4.69, 9.17) is 9.47 Å². The van der Waals surface area contributed by atoms with E-state index in [-0.39, 0.29) is 29.7 Å². The zero-order chi connectivity index (χ0) is 14.2. The molecule has 0 unspecified atom stereocenters. The van der Waals surface area contributed by atoms with Gasteiger partial charge in [-0.2, -0.15) is 4.37 Å². The lowest BCUT2D eigenvalue weighted by Gasteiger charge is -2.23. The molecule has 118 valence electrons. The Balaban J connectivity index is 0.00000144. The third-order valence-electron chi connectivity index (χ3n) is 4.09. The van der Waals surface area contributed by atoms with E-state index in [9.17, 15) is 5.11 Å². The van der Waals surface area contributed by atoms with Gasteiger partial charge in [-0.25, -0.2) is 0 Å². The fraction of sp³-hybridized carbons (Fsp3) is 0.400. The van der Waals surface area contributed by atoms with Gasteiger partial charge in [-0.15, -0.1) is 17.0 Å². The third kappa shape index (κ3) is 2.68. The maximum atomic E-state index is 10.2. The molecule has 3 heterocycles. The number of halogens is 1. The number of ether oxygens (including phenoxy) is 2. The number of hydrogen-bond donors (Lipinski definition) is 2. The number of aromatic hydroxyl groups is 1. The molecule has 0 spiro atoms. The summed E-state index contributed by atoms with van der Waals surface area (Å²) in [5.41, 5.74) is 2.02. The standard InChI is InChI=1S/C15H16N2O3S.BrH/c18-15-13(9-3-5-16-6-4-9)14(21-17-15)10-1-2-11-12(7-10)20-8-19-11;/h1-2,7,9,16H,3-6,8H2,(H,17,18);1H. The summed E-state index contributed by atoms with van der Waals surface area (Å²) >= 11 is 1.35. The Morgan fingerprint density at radius 3 is 2.77 bits per heavy atom. The van der Waals surface area contributed by atoms with Gasteiger partial charge in [0.1, 0.15) is 0 Å². The van der Waals surface area contributed by atoms with E-state index in [0.717, 1.165) is 53.4 Å². The van der Waals surface area contributed by atoms with Gasteiger partial charge in [-0.3, -0.25) is 0 Å². The van der Waals surface area contributed by atoms with Crippen molar-refractivity contribution in [3.05, 3.63) is 23.8 Å². The van der Waals surface area contributed by atoms with Crippen LogP contribution in [0, 0.1) is 0 Å². The van der Waals surface area contributed by atoms with E-state index in [2.05, 4.69) is 9.69 Å². The van der Waals surface area contributed by atoms with Crippen molar-refractivity contribution >= 4 is 28.5 Å². The lowest BCUT2D eigenvalue weighted by atomic mass is 9.89. The van der Waals surface area contributed by atoms with Gasteiger partial charge >= 0.3 is 0 Å². The van der Waals surface area contributed by atoms with Crippen LogP contribution in [0.4, 0.5) is 0 Å². The predicted octanol–water partition coefficient (Wildman–Crippen LogP) is 3.29. The highest BCUT2D eigenvalue weighted by atomic mass is 79.9. The van der Waals surface area contributed by atoms with Crippen LogP contribution in [-0.2, 0) is 0 Å². The Kier molecular flexibility index (Phi) is 4.56. The largest absolute Gasteiger partial charge is 0.492 e. The van der Waals surface area contributed by atoms with Crippen LogP contribution >= 0.6 is 28.5 Å². The van der Waals surface area contributed by atoms with E-state index in [1.807, 2.05) is 18.2 Å². The molecule has 2 aliphatic rings. The molecule has 1 saturated heterocycles. The summed E-state index contributed by atoms with van der Waals surface area (Å²) < 4.78 is 15.0. The van der Waals surface area contributed by atoms with Gasteiger partial charge in [0.05, 0.1) is 4.88 Å². The molecule has 0 radical (unpaired) electrons. The number of fused-ring (bicyclic) bond motifs is 1. The first-order valence-corrected chi connectivity index (χ1v) is 7.89. The molecule has 2 aliphatic heterocycles. The normalized spacial score (nSPS) is 17.3. The smallest absolute Gasteiger partial charge is 0.231 e. The molecule has 1 fully saturated rings. The zero-order valence-electron chi connectivity index (χ0n) is 11.9. The van der Waals surface area contributed by atoms with E-state index >= 15 is 0 Å². The van der Waals surface area contributed by atoms with Gasteiger partial charge in [0.15, 0.2) is 11.5 Å². The molecule has 22 heavy (non-hydrogen) atoms. The lowest BCUT2D eigenvalue weighted by molar-refractivity contribution is 0.174. The van der Waals surface area contributed by atoms with Gasteiger partial charge < -0.3 is 19.9 Å². The van der Waals surface area contributed by atoms with E-state index < -0.39 is 0 Å². The average Bonchev–Trinajstić information content (AvgIpc) is 3.13. The summed E-state index contributed by atoms with van der Waals surface area (Å²) in [5.74, 6) is 2.08. The van der Waals surface area contributed by atoms with Gasteiger partial charge in [-0.05, 0) is 67.1 Å². The van der Waals surface area contributed by atoms with Crippen LogP contribution in [0.5, 0.6) is 17.4 Å². The van der Waals surface area contributed by atoms with Crippen molar-refractivity contribution in [1.29, 1.82) is 0 Å². The lowest BCUT2D eigenvalue weighted by Crippen LogP contribution is -2.26. The summed E-state index contributed by atoms with van der Waals surface area (Å²) in [7, 11) is 0. The summed E-state index contributed by atoms with van der Waals surface area (Å²) in [6.45, 7) is 2.24. The van der Waals surface area contributed by atoms with Crippen molar-refractivity contribution in [2.45, 2.75) is 18.8 Å². The van der Waals surface area contributed by atoms with Crippen molar-refractivity contribution in [2.24, 2.45) is 0 Å². The van der Waals surface area contributed by atoms with Crippen LogP contribution in [0.25, 0.3) is 10.4 Å². The van der Waals surface area contributed by atoms with E-state index in [0.29, 0.717) is 5.92 Å². The van der Waals surface area contributed by atoms with Gasteiger partial charge in [0.25, 0.3) is 0 Å². The van der Waals surface area contributed by atoms with Crippen molar-refractivity contribution in [3.8, 4) is 27.8 Å². The second kappa shape index (κ2) is 6.44. The van der Waals surface area contributed by atoms with Crippen molar-refractivity contribution < 1.29 is 14.6 Å². The minimum Gasteiger partial charge on any atom is -0.492 e. The van der Waals surface area contributed by atoms with Gasteiger partial charge in [-0.1, -0.05) is 0 Å². The SMILES string of the molecule is Br.Oc1nsc(-c2ccc3c(c2)OCO3)c1C1CCNCC1. The highest BCUT2D eigenvalue weighted by Gasteiger charge is 2.26. The molecule has 0 amide bonds. The molecule has 2 N–H and O–H groups in total. The summed E-state index contributed by atoms with van der Waals surface area (Å²) in [6, 6.07) is 5.89. The molecule has 0 atom stereocenters. The third-order valence-corrected chi connectivity index (χ3v) is 4.99. The first-order chi connectivity index (χ1) is 10.3. The van der Waals surface area contributed by atoms with Crippen molar-refractivity contribution in [3.63, 3.8) is 0 Å². The number of aromatic nitrogens is 1. The molecule has 0 bridgehead atoms. The number of rotatable bonds is 2. The molecule has 0 aliphatic carbocycles. The minimum absolute atomic E-state index is 0. The Hall–Kier alpha value is -1.31. The molecule has 5 nitrogen and oxygen atoms in total. The molecule has 7 heteroatoms. The number of nitrogens with one attached hydrogen (secondary N) is 1. The monoisotopic (exact) mass is 384 g/mol. The van der Waals surface area contributed by atoms with Gasteiger partial charge in [0.2, 0.25) is 12.7 Å². The highest BCUT2D eigenvalue weighted by Crippen LogP contribution is 2.44. The Morgan fingerprint density at radius 1 is 1.18 bits per heavy atom. The fourth-order valence-corrected chi connectivity index (χ4v) is 3.88. The van der Waals surface area contributed by atoms with Crippen LogP contribution in [-0.4, -0.2) is 29.4 Å². The second-order valence-electron chi connectivity index (χ2n) is 5.34.